The summed E-state index contributed by atoms with van der Waals surface area (Å²) in [5.41, 5.74) is -0.372. The first-order chi connectivity index (χ1) is 17.1. The molecule has 0 unspecified atom stereocenters. The molecule has 36 heavy (non-hydrogen) atoms. The summed E-state index contributed by atoms with van der Waals surface area (Å²) in [5.74, 6) is 1.03. The van der Waals surface area contributed by atoms with Gasteiger partial charge in [-0.15, -0.1) is 0 Å². The van der Waals surface area contributed by atoms with E-state index in [1.807, 2.05) is 43.9 Å². The van der Waals surface area contributed by atoms with Crippen LogP contribution in [0.5, 0.6) is 5.75 Å². The highest BCUT2D eigenvalue weighted by atomic mass is 16.6. The number of carbonyl (C=O) groups is 3. The van der Waals surface area contributed by atoms with Crippen LogP contribution in [-0.4, -0.2) is 78.1 Å². The molecule has 0 aromatic heterocycles. The molecule has 1 aromatic rings. The number of carbonyl (C=O) groups excluding carboxylic acids is 3. The monoisotopic (exact) mass is 499 g/mol. The molecule has 8 nitrogen and oxygen atoms in total. The van der Waals surface area contributed by atoms with Crippen LogP contribution in [0.1, 0.15) is 66.2 Å². The molecule has 1 atom stereocenters. The van der Waals surface area contributed by atoms with E-state index in [2.05, 4.69) is 11.0 Å². The van der Waals surface area contributed by atoms with Crippen LogP contribution in [0.15, 0.2) is 24.3 Å². The lowest BCUT2D eigenvalue weighted by atomic mass is 9.94. The van der Waals surface area contributed by atoms with Crippen LogP contribution in [-0.2, 0) is 14.3 Å². The molecule has 3 fully saturated rings. The van der Waals surface area contributed by atoms with E-state index < -0.39 is 11.2 Å². The normalized spacial score (nSPS) is 22.3. The Kier molecular flexibility index (Phi) is 7.81. The van der Waals surface area contributed by atoms with E-state index >= 15 is 0 Å². The van der Waals surface area contributed by atoms with Crippen molar-refractivity contribution in [3.8, 4) is 5.75 Å². The predicted octanol–water partition coefficient (Wildman–Crippen LogP) is 4.26. The molecule has 2 saturated heterocycles. The molecule has 4 rings (SSSR count). The van der Waals surface area contributed by atoms with Crippen molar-refractivity contribution in [2.24, 2.45) is 5.92 Å². The number of anilines is 1. The van der Waals surface area contributed by atoms with Gasteiger partial charge in [-0.1, -0.05) is 6.07 Å². The van der Waals surface area contributed by atoms with Crippen molar-refractivity contribution in [3.63, 3.8) is 0 Å². The first kappa shape index (κ1) is 26.3. The third kappa shape index (κ3) is 6.13. The Morgan fingerprint density at radius 3 is 2.25 bits per heavy atom. The Bertz CT molecular complexity index is 958. The largest absolute Gasteiger partial charge is 0.477 e. The van der Waals surface area contributed by atoms with Crippen molar-refractivity contribution >= 4 is 23.5 Å². The maximum absolute atomic E-state index is 13.8. The van der Waals surface area contributed by atoms with Gasteiger partial charge in [0.1, 0.15) is 17.1 Å². The number of benzene rings is 1. The van der Waals surface area contributed by atoms with Crippen LogP contribution in [0.3, 0.4) is 0 Å². The highest BCUT2D eigenvalue weighted by molar-refractivity contribution is 5.86. The second-order valence-corrected chi connectivity index (χ2v) is 11.5. The molecular formula is C28H41N3O5. The Balaban J connectivity index is 1.42. The Morgan fingerprint density at radius 2 is 1.61 bits per heavy atom. The summed E-state index contributed by atoms with van der Waals surface area (Å²) in [6.45, 7) is 10.7. The molecule has 1 saturated carbocycles. The predicted molar refractivity (Wildman–Crippen MR) is 138 cm³/mol. The molecular weight excluding hydrogens is 458 g/mol. The van der Waals surface area contributed by atoms with Gasteiger partial charge in [0, 0.05) is 56.9 Å². The van der Waals surface area contributed by atoms with Gasteiger partial charge in [-0.2, -0.15) is 0 Å². The van der Waals surface area contributed by atoms with E-state index in [-0.39, 0.29) is 23.7 Å². The van der Waals surface area contributed by atoms with Gasteiger partial charge in [-0.3, -0.25) is 9.59 Å². The zero-order valence-corrected chi connectivity index (χ0v) is 22.3. The summed E-state index contributed by atoms with van der Waals surface area (Å²) in [6, 6.07) is 7.95. The molecule has 2 aliphatic heterocycles. The number of hydrogen-bond donors (Lipinski definition) is 0. The smallest absolute Gasteiger partial charge is 0.410 e. The molecule has 0 N–H and O–H groups in total. The fraction of sp³-hybridized carbons (Fsp3) is 0.679. The average molecular weight is 500 g/mol. The first-order valence-electron chi connectivity index (χ1n) is 13.4. The second kappa shape index (κ2) is 10.7. The highest BCUT2D eigenvalue weighted by Crippen LogP contribution is 2.38. The van der Waals surface area contributed by atoms with Crippen molar-refractivity contribution in [2.75, 3.05) is 44.2 Å². The number of ketones is 1. The topological polar surface area (TPSA) is 79.4 Å². The van der Waals surface area contributed by atoms with Crippen LogP contribution >= 0.6 is 0 Å². The van der Waals surface area contributed by atoms with E-state index in [1.54, 1.807) is 11.8 Å². The van der Waals surface area contributed by atoms with Gasteiger partial charge in [0.05, 0.1) is 0 Å². The van der Waals surface area contributed by atoms with Crippen molar-refractivity contribution < 1.29 is 23.9 Å². The van der Waals surface area contributed by atoms with E-state index in [1.165, 1.54) is 0 Å². The van der Waals surface area contributed by atoms with Crippen LogP contribution in [0.4, 0.5) is 10.5 Å². The number of rotatable bonds is 5. The SMILES string of the molecule is CC(=O)[C@@H]1CCCN(c2cccc(OC3(C(=O)N4CCN(C(=O)OC(C)(C)C)CC4)CCCC3)c2)C1. The third-order valence-corrected chi connectivity index (χ3v) is 7.51. The maximum atomic E-state index is 13.8. The molecule has 1 aliphatic carbocycles. The number of piperidine rings is 1. The summed E-state index contributed by atoms with van der Waals surface area (Å²) < 4.78 is 12.0. The van der Waals surface area contributed by atoms with Crippen molar-refractivity contribution in [1.29, 1.82) is 0 Å². The lowest BCUT2D eigenvalue weighted by molar-refractivity contribution is -0.149. The molecule has 3 aliphatic rings. The minimum Gasteiger partial charge on any atom is -0.477 e. The van der Waals surface area contributed by atoms with Crippen molar-refractivity contribution in [1.82, 2.24) is 9.80 Å². The standard InChI is InChI=1S/C28H41N3O5/c1-21(32)22-9-8-14-31(20-22)23-10-7-11-24(19-23)35-28(12-5-6-13-28)25(33)29-15-17-30(18-16-29)26(34)36-27(2,3)4/h7,10-11,19,22H,5-6,8-9,12-18,20H2,1-4H3/t22-/m1/s1. The summed E-state index contributed by atoms with van der Waals surface area (Å²) in [4.78, 5) is 43.9. The average Bonchev–Trinajstić information content (AvgIpc) is 3.32. The number of ether oxygens (including phenoxy) is 2. The van der Waals surface area contributed by atoms with Gasteiger partial charge >= 0.3 is 6.09 Å². The van der Waals surface area contributed by atoms with Gasteiger partial charge < -0.3 is 24.2 Å². The number of Topliss-reactive ketones (excluding diaryl/α,β-unsaturated/α-hetero) is 1. The molecule has 198 valence electrons. The zero-order valence-electron chi connectivity index (χ0n) is 22.3. The highest BCUT2D eigenvalue weighted by Gasteiger charge is 2.47. The maximum Gasteiger partial charge on any atom is 0.410 e. The molecule has 2 amide bonds. The minimum atomic E-state index is -0.865. The van der Waals surface area contributed by atoms with Crippen LogP contribution < -0.4 is 9.64 Å². The van der Waals surface area contributed by atoms with Gasteiger partial charge in [0.25, 0.3) is 5.91 Å². The molecule has 8 heteroatoms. The third-order valence-electron chi connectivity index (χ3n) is 7.51. The molecule has 2 heterocycles. The molecule has 0 spiro atoms. The lowest BCUT2D eigenvalue weighted by Crippen LogP contribution is -2.58. The summed E-state index contributed by atoms with van der Waals surface area (Å²) in [5, 5.41) is 0. The number of hydrogen-bond acceptors (Lipinski definition) is 6. The quantitative estimate of drug-likeness (QED) is 0.602. The Hall–Kier alpha value is -2.77. The molecule has 0 radical (unpaired) electrons. The van der Waals surface area contributed by atoms with Gasteiger partial charge in [0.2, 0.25) is 0 Å². The van der Waals surface area contributed by atoms with Crippen LogP contribution in [0.2, 0.25) is 0 Å². The van der Waals surface area contributed by atoms with E-state index in [0.717, 1.165) is 44.5 Å². The summed E-state index contributed by atoms with van der Waals surface area (Å²) in [7, 11) is 0. The van der Waals surface area contributed by atoms with Crippen LogP contribution in [0, 0.1) is 5.92 Å². The van der Waals surface area contributed by atoms with Gasteiger partial charge in [-0.25, -0.2) is 4.79 Å². The lowest BCUT2D eigenvalue weighted by Gasteiger charge is -2.40. The van der Waals surface area contributed by atoms with Crippen molar-refractivity contribution in [2.45, 2.75) is 77.4 Å². The molecule has 0 bridgehead atoms. The van der Waals surface area contributed by atoms with Gasteiger partial charge in [0.15, 0.2) is 5.60 Å². The summed E-state index contributed by atoms with van der Waals surface area (Å²) in [6.07, 6.45) is 4.90. The van der Waals surface area contributed by atoms with Crippen molar-refractivity contribution in [3.05, 3.63) is 24.3 Å². The summed E-state index contributed by atoms with van der Waals surface area (Å²) >= 11 is 0. The zero-order chi connectivity index (χ0) is 25.9. The number of nitrogens with zero attached hydrogens (tertiary/aromatic N) is 3. The van der Waals surface area contributed by atoms with Gasteiger partial charge in [-0.05, 0) is 78.4 Å². The van der Waals surface area contributed by atoms with Crippen LogP contribution in [0.25, 0.3) is 0 Å². The number of piperazine rings is 1. The van der Waals surface area contributed by atoms with E-state index in [4.69, 9.17) is 9.47 Å². The fourth-order valence-corrected chi connectivity index (χ4v) is 5.53. The first-order valence-corrected chi connectivity index (χ1v) is 13.4. The minimum absolute atomic E-state index is 0.0175. The Morgan fingerprint density at radius 1 is 0.944 bits per heavy atom. The Labute approximate surface area is 214 Å². The number of amides is 2. The fourth-order valence-electron chi connectivity index (χ4n) is 5.53. The second-order valence-electron chi connectivity index (χ2n) is 11.5. The van der Waals surface area contributed by atoms with E-state index in [9.17, 15) is 14.4 Å². The van der Waals surface area contributed by atoms with E-state index in [0.29, 0.717) is 44.8 Å². The molecule has 1 aromatic carbocycles.